The molecular weight excluding hydrogens is 270 g/mol. The Morgan fingerprint density at radius 2 is 2.17 bits per heavy atom. The van der Waals surface area contributed by atoms with Crippen molar-refractivity contribution in [3.63, 3.8) is 0 Å². The van der Waals surface area contributed by atoms with E-state index in [4.69, 9.17) is 10.5 Å². The van der Waals surface area contributed by atoms with Crippen molar-refractivity contribution in [3.8, 4) is 5.75 Å². The van der Waals surface area contributed by atoms with Gasteiger partial charge in [0.15, 0.2) is 5.12 Å². The molecule has 1 rings (SSSR count). The zero-order valence-electron chi connectivity index (χ0n) is 10.7. The van der Waals surface area contributed by atoms with Crippen LogP contribution in [0.5, 0.6) is 5.75 Å². The molecule has 0 fully saturated rings. The number of hydrogen-bond acceptors (Lipinski definition) is 4. The van der Waals surface area contributed by atoms with Gasteiger partial charge in [0.2, 0.25) is 0 Å². The molecule has 1 aromatic carbocycles. The molecule has 0 aromatic heterocycles. The molecule has 0 unspecified atom stereocenters. The van der Waals surface area contributed by atoms with Crippen molar-refractivity contribution in [1.82, 2.24) is 0 Å². The SMILES string of the molecule is CC(C)C(=O)SCc1cccc(OCCN)c1.Cl. The summed E-state index contributed by atoms with van der Waals surface area (Å²) in [4.78, 5) is 11.5. The van der Waals surface area contributed by atoms with E-state index in [-0.39, 0.29) is 23.4 Å². The van der Waals surface area contributed by atoms with Gasteiger partial charge in [-0.15, -0.1) is 12.4 Å². The van der Waals surface area contributed by atoms with Gasteiger partial charge in [-0.3, -0.25) is 4.79 Å². The van der Waals surface area contributed by atoms with Crippen LogP contribution in [0.15, 0.2) is 24.3 Å². The molecule has 0 spiro atoms. The lowest BCUT2D eigenvalue weighted by molar-refractivity contribution is -0.113. The highest BCUT2D eigenvalue weighted by molar-refractivity contribution is 8.13. The quantitative estimate of drug-likeness (QED) is 0.875. The van der Waals surface area contributed by atoms with Gasteiger partial charge in [-0.1, -0.05) is 37.7 Å². The Morgan fingerprint density at radius 3 is 2.78 bits per heavy atom. The number of rotatable bonds is 6. The molecule has 5 heteroatoms. The minimum atomic E-state index is 0. The number of carbonyl (C=O) groups is 1. The highest BCUT2D eigenvalue weighted by atomic mass is 35.5. The number of thioether (sulfide) groups is 1. The summed E-state index contributed by atoms with van der Waals surface area (Å²) in [6.45, 7) is 4.85. The number of benzene rings is 1. The van der Waals surface area contributed by atoms with Crippen molar-refractivity contribution in [2.24, 2.45) is 11.7 Å². The predicted molar refractivity (Wildman–Crippen MR) is 79.4 cm³/mol. The van der Waals surface area contributed by atoms with E-state index in [2.05, 4.69) is 0 Å². The van der Waals surface area contributed by atoms with E-state index in [9.17, 15) is 4.79 Å². The summed E-state index contributed by atoms with van der Waals surface area (Å²) >= 11 is 1.35. The molecule has 2 N–H and O–H groups in total. The van der Waals surface area contributed by atoms with Crippen molar-refractivity contribution in [3.05, 3.63) is 29.8 Å². The van der Waals surface area contributed by atoms with Crippen LogP contribution in [0.2, 0.25) is 0 Å². The Morgan fingerprint density at radius 1 is 1.44 bits per heavy atom. The van der Waals surface area contributed by atoms with E-state index in [1.165, 1.54) is 11.8 Å². The summed E-state index contributed by atoms with van der Waals surface area (Å²) < 4.78 is 5.43. The fraction of sp³-hybridized carbons (Fsp3) is 0.462. The van der Waals surface area contributed by atoms with Gasteiger partial charge in [-0.25, -0.2) is 0 Å². The molecule has 0 radical (unpaired) electrons. The molecular formula is C13H20ClNO2S. The minimum Gasteiger partial charge on any atom is -0.492 e. The number of halogens is 1. The van der Waals surface area contributed by atoms with Crippen LogP contribution in [0.4, 0.5) is 0 Å². The molecule has 18 heavy (non-hydrogen) atoms. The van der Waals surface area contributed by atoms with Crippen molar-refractivity contribution in [2.45, 2.75) is 19.6 Å². The average molecular weight is 290 g/mol. The van der Waals surface area contributed by atoms with E-state index in [0.29, 0.717) is 18.9 Å². The maximum atomic E-state index is 11.5. The van der Waals surface area contributed by atoms with E-state index in [0.717, 1.165) is 11.3 Å². The maximum Gasteiger partial charge on any atom is 0.191 e. The van der Waals surface area contributed by atoms with Gasteiger partial charge in [-0.2, -0.15) is 0 Å². The monoisotopic (exact) mass is 289 g/mol. The van der Waals surface area contributed by atoms with Crippen LogP contribution in [0.25, 0.3) is 0 Å². The third-order valence-corrected chi connectivity index (χ3v) is 3.37. The Bertz CT molecular complexity index is 372. The number of hydrogen-bond donors (Lipinski definition) is 1. The maximum absolute atomic E-state index is 11.5. The fourth-order valence-electron chi connectivity index (χ4n) is 1.22. The summed E-state index contributed by atoms with van der Waals surface area (Å²) in [5, 5.41) is 0.221. The minimum absolute atomic E-state index is 0. The summed E-state index contributed by atoms with van der Waals surface area (Å²) in [6.07, 6.45) is 0. The normalized spacial score (nSPS) is 10.0. The smallest absolute Gasteiger partial charge is 0.191 e. The molecule has 0 saturated carbocycles. The van der Waals surface area contributed by atoms with Crippen LogP contribution in [-0.2, 0) is 10.5 Å². The third kappa shape index (κ3) is 6.28. The van der Waals surface area contributed by atoms with Crippen LogP contribution in [0, 0.1) is 5.92 Å². The zero-order valence-corrected chi connectivity index (χ0v) is 12.4. The average Bonchev–Trinajstić information content (AvgIpc) is 2.33. The highest BCUT2D eigenvalue weighted by Crippen LogP contribution is 2.20. The largest absolute Gasteiger partial charge is 0.492 e. The lowest BCUT2D eigenvalue weighted by Gasteiger charge is -2.07. The molecule has 0 amide bonds. The number of carbonyl (C=O) groups excluding carboxylic acids is 1. The molecule has 0 atom stereocenters. The molecule has 0 heterocycles. The van der Waals surface area contributed by atoms with Crippen molar-refractivity contribution >= 4 is 29.3 Å². The second-order valence-corrected chi connectivity index (χ2v) is 5.03. The van der Waals surface area contributed by atoms with Crippen LogP contribution in [0.1, 0.15) is 19.4 Å². The number of ether oxygens (including phenoxy) is 1. The molecule has 0 aliphatic carbocycles. The topological polar surface area (TPSA) is 52.3 Å². The molecule has 0 aliphatic rings. The van der Waals surface area contributed by atoms with E-state index >= 15 is 0 Å². The van der Waals surface area contributed by atoms with Crippen molar-refractivity contribution < 1.29 is 9.53 Å². The standard InChI is InChI=1S/C13H19NO2S.ClH/c1-10(2)13(15)17-9-11-4-3-5-12(8-11)16-7-6-14;/h3-5,8,10H,6-7,9,14H2,1-2H3;1H. The summed E-state index contributed by atoms with van der Waals surface area (Å²) in [5.41, 5.74) is 6.47. The van der Waals surface area contributed by atoms with Crippen LogP contribution >= 0.6 is 24.2 Å². The highest BCUT2D eigenvalue weighted by Gasteiger charge is 2.08. The zero-order chi connectivity index (χ0) is 12.7. The first-order valence-electron chi connectivity index (χ1n) is 5.72. The molecule has 3 nitrogen and oxygen atoms in total. The van der Waals surface area contributed by atoms with Gasteiger partial charge in [0.1, 0.15) is 12.4 Å². The molecule has 0 saturated heterocycles. The van der Waals surface area contributed by atoms with Gasteiger partial charge in [0, 0.05) is 18.2 Å². The first-order chi connectivity index (χ1) is 8.13. The Labute approximate surface area is 119 Å². The first kappa shape index (κ1) is 17.3. The van der Waals surface area contributed by atoms with Crippen LogP contribution in [0.3, 0.4) is 0 Å². The Hall–Kier alpha value is -0.710. The summed E-state index contributed by atoms with van der Waals surface area (Å²) in [7, 11) is 0. The van der Waals surface area contributed by atoms with Crippen molar-refractivity contribution in [2.75, 3.05) is 13.2 Å². The van der Waals surface area contributed by atoms with E-state index in [1.807, 2.05) is 38.1 Å². The first-order valence-corrected chi connectivity index (χ1v) is 6.70. The van der Waals surface area contributed by atoms with Crippen LogP contribution < -0.4 is 10.5 Å². The third-order valence-electron chi connectivity index (χ3n) is 2.14. The van der Waals surface area contributed by atoms with Gasteiger partial charge in [0.05, 0.1) is 0 Å². The second kappa shape index (κ2) is 9.25. The van der Waals surface area contributed by atoms with E-state index in [1.54, 1.807) is 0 Å². The molecule has 0 aliphatic heterocycles. The molecule has 0 bridgehead atoms. The lowest BCUT2D eigenvalue weighted by atomic mass is 10.2. The van der Waals surface area contributed by atoms with Crippen LogP contribution in [-0.4, -0.2) is 18.3 Å². The van der Waals surface area contributed by atoms with Crippen molar-refractivity contribution in [1.29, 1.82) is 0 Å². The van der Waals surface area contributed by atoms with E-state index < -0.39 is 0 Å². The Kier molecular flexibility index (Phi) is 8.89. The van der Waals surface area contributed by atoms with Gasteiger partial charge in [0.25, 0.3) is 0 Å². The molecule has 1 aromatic rings. The Balaban J connectivity index is 0.00000289. The predicted octanol–water partition coefficient (Wildman–Crippen LogP) is 2.86. The summed E-state index contributed by atoms with van der Waals surface area (Å²) in [5.74, 6) is 1.58. The van der Waals surface area contributed by atoms with Gasteiger partial charge < -0.3 is 10.5 Å². The van der Waals surface area contributed by atoms with Gasteiger partial charge in [-0.05, 0) is 17.7 Å². The fourth-order valence-corrected chi connectivity index (χ4v) is 2.04. The second-order valence-electron chi connectivity index (χ2n) is 4.05. The molecule has 102 valence electrons. The summed E-state index contributed by atoms with van der Waals surface area (Å²) in [6, 6.07) is 7.78. The number of nitrogens with two attached hydrogens (primary N) is 1. The lowest BCUT2D eigenvalue weighted by Crippen LogP contribution is -2.10. The van der Waals surface area contributed by atoms with Gasteiger partial charge >= 0.3 is 0 Å².